The van der Waals surface area contributed by atoms with Gasteiger partial charge in [0.25, 0.3) is 0 Å². The second kappa shape index (κ2) is 12.4. The molecule has 0 amide bonds. The summed E-state index contributed by atoms with van der Waals surface area (Å²) >= 11 is 0. The number of allylic oxidation sites excluding steroid dienone is 5. The van der Waals surface area contributed by atoms with Crippen LogP contribution in [0.5, 0.6) is 5.75 Å². The Morgan fingerprint density at radius 3 is 1.75 bits per heavy atom. The van der Waals surface area contributed by atoms with Gasteiger partial charge >= 0.3 is 0 Å². The van der Waals surface area contributed by atoms with Crippen molar-refractivity contribution in [2.24, 2.45) is 0 Å². The van der Waals surface area contributed by atoms with E-state index in [0.717, 1.165) is 62.5 Å². The van der Waals surface area contributed by atoms with Crippen LogP contribution in [0.1, 0.15) is 17.5 Å². The second-order valence-corrected chi connectivity index (χ2v) is 13.1. The van der Waals surface area contributed by atoms with Gasteiger partial charge in [0.2, 0.25) is 0 Å². The highest BCUT2D eigenvalue weighted by atomic mass is 16.5. The van der Waals surface area contributed by atoms with Crippen molar-refractivity contribution >= 4 is 32.7 Å². The number of hydrogen-bond acceptors (Lipinski definition) is 4. The van der Waals surface area contributed by atoms with E-state index in [9.17, 15) is 0 Å². The molecule has 0 atom stereocenters. The molecular formula is C48H31N3O. The van der Waals surface area contributed by atoms with Crippen molar-refractivity contribution in [1.82, 2.24) is 15.0 Å². The van der Waals surface area contributed by atoms with Gasteiger partial charge in [-0.3, -0.25) is 0 Å². The largest absolute Gasteiger partial charge is 0.455 e. The fourth-order valence-corrected chi connectivity index (χ4v) is 7.44. The summed E-state index contributed by atoms with van der Waals surface area (Å²) in [6, 6.07) is 54.7. The van der Waals surface area contributed by atoms with E-state index in [1.807, 2.05) is 60.7 Å². The summed E-state index contributed by atoms with van der Waals surface area (Å²) < 4.78 is 6.92. The molecule has 0 radical (unpaired) electrons. The van der Waals surface area contributed by atoms with E-state index < -0.39 is 0 Å². The van der Waals surface area contributed by atoms with Gasteiger partial charge in [-0.1, -0.05) is 158 Å². The molecule has 52 heavy (non-hydrogen) atoms. The molecule has 1 aromatic heterocycles. The first-order valence-corrected chi connectivity index (χ1v) is 17.6. The Hall–Kier alpha value is -6.91. The van der Waals surface area contributed by atoms with Crippen LogP contribution in [-0.2, 0) is 0 Å². The van der Waals surface area contributed by atoms with Crippen LogP contribution in [0, 0.1) is 0 Å². The smallest absolute Gasteiger partial charge is 0.164 e. The lowest BCUT2D eigenvalue weighted by Gasteiger charge is -2.25. The minimum atomic E-state index is 0.633. The lowest BCUT2D eigenvalue weighted by molar-refractivity contribution is 0.455. The molecule has 10 rings (SSSR count). The highest BCUT2D eigenvalue weighted by molar-refractivity contribution is 6.16. The highest BCUT2D eigenvalue weighted by Gasteiger charge is 2.26. The van der Waals surface area contributed by atoms with Crippen LogP contribution in [0.4, 0.5) is 0 Å². The lowest BCUT2D eigenvalue weighted by Crippen LogP contribution is -2.08. The van der Waals surface area contributed by atoms with E-state index in [0.29, 0.717) is 17.5 Å². The molecule has 244 valence electrons. The van der Waals surface area contributed by atoms with Crippen LogP contribution in [0.3, 0.4) is 0 Å². The summed E-state index contributed by atoms with van der Waals surface area (Å²) in [5, 5.41) is 4.80. The molecule has 7 aromatic carbocycles. The number of benzene rings is 7. The Labute approximate surface area is 301 Å². The Morgan fingerprint density at radius 1 is 0.462 bits per heavy atom. The minimum absolute atomic E-state index is 0.633. The first-order chi connectivity index (χ1) is 25.8. The maximum Gasteiger partial charge on any atom is 0.164 e. The van der Waals surface area contributed by atoms with Crippen molar-refractivity contribution in [3.8, 4) is 51.0 Å². The van der Waals surface area contributed by atoms with Crippen LogP contribution in [0.2, 0.25) is 0 Å². The van der Waals surface area contributed by atoms with Crippen molar-refractivity contribution < 1.29 is 4.74 Å². The Balaban J connectivity index is 1.06. The van der Waals surface area contributed by atoms with Gasteiger partial charge in [-0.05, 0) is 63.0 Å². The highest BCUT2D eigenvalue weighted by Crippen LogP contribution is 2.47. The summed E-state index contributed by atoms with van der Waals surface area (Å²) in [6.45, 7) is 0. The molecule has 1 aliphatic carbocycles. The average molecular weight is 666 g/mol. The molecule has 0 saturated heterocycles. The lowest BCUT2D eigenvalue weighted by atomic mass is 9.89. The topological polar surface area (TPSA) is 47.9 Å². The first-order valence-electron chi connectivity index (χ1n) is 17.6. The molecule has 0 spiro atoms. The minimum Gasteiger partial charge on any atom is -0.455 e. The standard InChI is InChI=1S/C48H31N3O/c1-3-14-31(15-4-1)46-49-47(32-16-5-2-6-17-32)51-48(50-46)37-22-12-20-34(29-37)33-19-11-21-35(28-33)39-24-9-10-25-42-41-27-13-26-40-38-23-8-7-18-36(38)30-43(44(40)41)52-45(39)42/h1-8,10-30H,9H2. The number of fused-ring (bicyclic) bond motifs is 3. The van der Waals surface area contributed by atoms with Crippen molar-refractivity contribution in [2.75, 3.05) is 0 Å². The summed E-state index contributed by atoms with van der Waals surface area (Å²) in [5.41, 5.74) is 9.51. The molecule has 2 aliphatic rings. The Morgan fingerprint density at radius 2 is 1.02 bits per heavy atom. The summed E-state index contributed by atoms with van der Waals surface area (Å²) in [6.07, 6.45) is 7.54. The number of ether oxygens (including phenoxy) is 1. The molecule has 4 nitrogen and oxygen atoms in total. The first kappa shape index (κ1) is 30.0. The van der Waals surface area contributed by atoms with Crippen LogP contribution >= 0.6 is 0 Å². The molecule has 0 fully saturated rings. The third-order valence-electron chi connectivity index (χ3n) is 9.91. The fourth-order valence-electron chi connectivity index (χ4n) is 7.44. The van der Waals surface area contributed by atoms with Gasteiger partial charge in [-0.2, -0.15) is 0 Å². The van der Waals surface area contributed by atoms with Gasteiger partial charge in [0, 0.05) is 33.2 Å². The van der Waals surface area contributed by atoms with E-state index >= 15 is 0 Å². The van der Waals surface area contributed by atoms with Gasteiger partial charge in [0.15, 0.2) is 17.5 Å². The SMILES string of the molecule is C1=CC2=C(Oc3cc4ccccc4c4cccc2c34)C(c2cccc(-c3cccc(-c4nc(-c5ccccc5)nc(-c5ccccc5)n4)c3)c2)=CC1. The molecule has 0 unspecified atom stereocenters. The van der Waals surface area contributed by atoms with Gasteiger partial charge in [-0.25, -0.2) is 15.0 Å². The predicted octanol–water partition coefficient (Wildman–Crippen LogP) is 12.0. The van der Waals surface area contributed by atoms with E-state index in [2.05, 4.69) is 115 Å². The molecule has 4 heteroatoms. The van der Waals surface area contributed by atoms with Crippen LogP contribution in [-0.4, -0.2) is 15.0 Å². The maximum absolute atomic E-state index is 6.92. The fraction of sp³-hybridized carbons (Fsp3) is 0.0208. The van der Waals surface area contributed by atoms with E-state index in [-0.39, 0.29) is 0 Å². The van der Waals surface area contributed by atoms with Crippen molar-refractivity contribution in [3.05, 3.63) is 193 Å². The van der Waals surface area contributed by atoms with Crippen molar-refractivity contribution in [2.45, 2.75) is 6.42 Å². The molecule has 8 aromatic rings. The van der Waals surface area contributed by atoms with Crippen LogP contribution < -0.4 is 4.74 Å². The normalized spacial score (nSPS) is 13.4. The van der Waals surface area contributed by atoms with Crippen LogP contribution in [0.25, 0.3) is 78.0 Å². The molecular weight excluding hydrogens is 635 g/mol. The molecule has 2 heterocycles. The Bertz CT molecular complexity index is 2720. The monoisotopic (exact) mass is 665 g/mol. The zero-order chi connectivity index (χ0) is 34.4. The zero-order valence-corrected chi connectivity index (χ0v) is 28.2. The maximum atomic E-state index is 6.92. The third kappa shape index (κ3) is 5.21. The third-order valence-corrected chi connectivity index (χ3v) is 9.91. The quantitative estimate of drug-likeness (QED) is 0.172. The second-order valence-electron chi connectivity index (χ2n) is 13.1. The van der Waals surface area contributed by atoms with Gasteiger partial charge < -0.3 is 4.74 Å². The number of hydrogen-bond donors (Lipinski definition) is 0. The Kier molecular flexibility index (Phi) is 7.17. The summed E-state index contributed by atoms with van der Waals surface area (Å²) in [5.74, 6) is 3.71. The van der Waals surface area contributed by atoms with E-state index in [1.165, 1.54) is 27.1 Å². The number of aromatic nitrogens is 3. The van der Waals surface area contributed by atoms with E-state index in [1.54, 1.807) is 0 Å². The molecule has 0 saturated carbocycles. The van der Waals surface area contributed by atoms with Crippen LogP contribution in [0.15, 0.2) is 182 Å². The van der Waals surface area contributed by atoms with Gasteiger partial charge in [-0.15, -0.1) is 0 Å². The van der Waals surface area contributed by atoms with E-state index in [4.69, 9.17) is 19.7 Å². The molecule has 1 aliphatic heterocycles. The van der Waals surface area contributed by atoms with Gasteiger partial charge in [0.1, 0.15) is 11.5 Å². The number of nitrogens with zero attached hydrogens (tertiary/aromatic N) is 3. The molecule has 0 bridgehead atoms. The van der Waals surface area contributed by atoms with Crippen molar-refractivity contribution in [3.63, 3.8) is 0 Å². The van der Waals surface area contributed by atoms with Crippen molar-refractivity contribution in [1.29, 1.82) is 0 Å². The van der Waals surface area contributed by atoms with Gasteiger partial charge in [0.05, 0.1) is 0 Å². The predicted molar refractivity (Wildman–Crippen MR) is 212 cm³/mol. The summed E-state index contributed by atoms with van der Waals surface area (Å²) in [7, 11) is 0. The number of rotatable bonds is 5. The average Bonchev–Trinajstić information content (AvgIpc) is 3.44. The summed E-state index contributed by atoms with van der Waals surface area (Å²) in [4.78, 5) is 14.8. The molecule has 0 N–H and O–H groups in total. The zero-order valence-electron chi connectivity index (χ0n) is 28.2.